The number of hydrogen-bond acceptors (Lipinski definition) is 8. The number of alkyl carbamates (subject to hydrolysis) is 1. The standard InChI is InChI=1S/C21H27N5O6/c1-11-8-16(30-19(22)28)14-9-13(6-7-15(14)26(11)12(2)27)18-24-17(25-32-18)10-23-20(29)31-21(3,4)5/h6-7,9,11,16H,8,10H2,1-5H3,(H2,22,28)(H,23,29). The smallest absolute Gasteiger partial charge is 0.408 e. The predicted molar refractivity (Wildman–Crippen MR) is 113 cm³/mol. The summed E-state index contributed by atoms with van der Waals surface area (Å²) < 4.78 is 15.8. The van der Waals surface area contributed by atoms with Crippen molar-refractivity contribution < 1.29 is 28.4 Å². The van der Waals surface area contributed by atoms with E-state index in [9.17, 15) is 14.4 Å². The van der Waals surface area contributed by atoms with E-state index < -0.39 is 23.9 Å². The molecule has 0 saturated heterocycles. The van der Waals surface area contributed by atoms with Crippen molar-refractivity contribution in [3.05, 3.63) is 29.6 Å². The molecule has 0 fully saturated rings. The Morgan fingerprint density at radius 2 is 2.03 bits per heavy atom. The van der Waals surface area contributed by atoms with Crippen LogP contribution in [0.15, 0.2) is 22.7 Å². The van der Waals surface area contributed by atoms with Gasteiger partial charge in [0.15, 0.2) is 5.82 Å². The van der Waals surface area contributed by atoms with E-state index in [1.54, 1.807) is 43.9 Å². The van der Waals surface area contributed by atoms with Crippen LogP contribution in [0.4, 0.5) is 15.3 Å². The van der Waals surface area contributed by atoms with Gasteiger partial charge in [0.25, 0.3) is 5.89 Å². The van der Waals surface area contributed by atoms with E-state index >= 15 is 0 Å². The fraction of sp³-hybridized carbons (Fsp3) is 0.476. The fourth-order valence-electron chi connectivity index (χ4n) is 3.58. The Labute approximate surface area is 185 Å². The summed E-state index contributed by atoms with van der Waals surface area (Å²) in [6.07, 6.45) is -1.72. The van der Waals surface area contributed by atoms with Gasteiger partial charge in [0.2, 0.25) is 5.91 Å². The molecule has 0 saturated carbocycles. The Morgan fingerprint density at radius 1 is 1.31 bits per heavy atom. The van der Waals surface area contributed by atoms with E-state index in [0.717, 1.165) is 0 Å². The minimum Gasteiger partial charge on any atom is -0.444 e. The molecule has 2 aromatic rings. The number of hydrogen-bond donors (Lipinski definition) is 2. The molecular formula is C21H27N5O6. The van der Waals surface area contributed by atoms with Crippen LogP contribution < -0.4 is 16.0 Å². The number of nitrogens with one attached hydrogen (secondary N) is 1. The molecule has 3 N–H and O–H groups in total. The normalized spacial score (nSPS) is 18.0. The van der Waals surface area contributed by atoms with Gasteiger partial charge >= 0.3 is 12.2 Å². The lowest BCUT2D eigenvalue weighted by atomic mass is 9.92. The number of carbonyl (C=O) groups is 3. The molecule has 3 rings (SSSR count). The maximum atomic E-state index is 12.2. The van der Waals surface area contributed by atoms with Gasteiger partial charge in [0, 0.05) is 30.5 Å². The Hall–Kier alpha value is -3.63. The van der Waals surface area contributed by atoms with Gasteiger partial charge in [-0.25, -0.2) is 9.59 Å². The lowest BCUT2D eigenvalue weighted by Crippen LogP contribution is -2.43. The van der Waals surface area contributed by atoms with Crippen molar-refractivity contribution in [2.75, 3.05) is 4.90 Å². The van der Waals surface area contributed by atoms with Crippen LogP contribution in [0.1, 0.15) is 58.5 Å². The number of primary amides is 1. The molecule has 11 heteroatoms. The first kappa shape index (κ1) is 23.0. The third kappa shape index (κ3) is 5.34. The summed E-state index contributed by atoms with van der Waals surface area (Å²) in [6.45, 7) is 8.66. The minimum atomic E-state index is -0.900. The molecule has 0 radical (unpaired) electrons. The Morgan fingerprint density at radius 3 is 2.66 bits per heavy atom. The molecule has 2 heterocycles. The van der Waals surface area contributed by atoms with Gasteiger partial charge in [-0.2, -0.15) is 4.98 Å². The van der Waals surface area contributed by atoms with Gasteiger partial charge in [-0.1, -0.05) is 5.16 Å². The molecule has 0 aliphatic carbocycles. The molecule has 1 aliphatic heterocycles. The highest BCUT2D eigenvalue weighted by molar-refractivity contribution is 5.94. The number of anilines is 1. The number of nitrogens with zero attached hydrogens (tertiary/aromatic N) is 3. The molecule has 2 atom stereocenters. The van der Waals surface area contributed by atoms with Crippen molar-refractivity contribution in [2.45, 2.75) is 65.3 Å². The van der Waals surface area contributed by atoms with E-state index in [0.29, 0.717) is 23.2 Å². The molecular weight excluding hydrogens is 418 g/mol. The lowest BCUT2D eigenvalue weighted by molar-refractivity contribution is -0.117. The van der Waals surface area contributed by atoms with Crippen LogP contribution in [-0.4, -0.2) is 39.9 Å². The van der Waals surface area contributed by atoms with Crippen molar-refractivity contribution in [3.8, 4) is 11.5 Å². The van der Waals surface area contributed by atoms with Gasteiger partial charge in [0.1, 0.15) is 11.7 Å². The largest absolute Gasteiger partial charge is 0.444 e. The zero-order valence-corrected chi connectivity index (χ0v) is 18.7. The summed E-state index contributed by atoms with van der Waals surface area (Å²) in [5.74, 6) is 0.337. The highest BCUT2D eigenvalue weighted by Gasteiger charge is 2.34. The zero-order valence-electron chi connectivity index (χ0n) is 18.7. The number of benzene rings is 1. The summed E-state index contributed by atoms with van der Waals surface area (Å²) in [6, 6.07) is 5.02. The van der Waals surface area contributed by atoms with E-state index in [1.807, 2.05) is 6.92 Å². The molecule has 1 aliphatic rings. The zero-order chi connectivity index (χ0) is 23.6. The van der Waals surface area contributed by atoms with Gasteiger partial charge < -0.3 is 29.9 Å². The molecule has 3 amide bonds. The topological polar surface area (TPSA) is 150 Å². The quantitative estimate of drug-likeness (QED) is 0.729. The van der Waals surface area contributed by atoms with E-state index in [2.05, 4.69) is 15.5 Å². The fourth-order valence-corrected chi connectivity index (χ4v) is 3.58. The van der Waals surface area contributed by atoms with Crippen LogP contribution in [0, 0.1) is 0 Å². The molecule has 1 aromatic carbocycles. The second-order valence-corrected chi connectivity index (χ2v) is 8.54. The molecule has 1 aromatic heterocycles. The predicted octanol–water partition coefficient (Wildman–Crippen LogP) is 3.04. The third-order valence-corrected chi connectivity index (χ3v) is 4.73. The first-order valence-corrected chi connectivity index (χ1v) is 10.1. The van der Waals surface area contributed by atoms with Crippen LogP contribution in [0.5, 0.6) is 0 Å². The molecule has 0 spiro atoms. The number of nitrogens with two attached hydrogens (primary N) is 1. The number of carbonyl (C=O) groups excluding carboxylic acids is 3. The Balaban J connectivity index is 1.84. The summed E-state index contributed by atoms with van der Waals surface area (Å²) >= 11 is 0. The highest BCUT2D eigenvalue weighted by atomic mass is 16.6. The number of amides is 3. The van der Waals surface area contributed by atoms with Crippen LogP contribution in [-0.2, 0) is 20.8 Å². The number of rotatable bonds is 4. The Kier molecular flexibility index (Phi) is 6.37. The van der Waals surface area contributed by atoms with E-state index in [-0.39, 0.29) is 30.2 Å². The number of aromatic nitrogens is 2. The maximum absolute atomic E-state index is 12.2. The second kappa shape index (κ2) is 8.85. The number of fused-ring (bicyclic) bond motifs is 1. The summed E-state index contributed by atoms with van der Waals surface area (Å²) in [7, 11) is 0. The van der Waals surface area contributed by atoms with Crippen molar-refractivity contribution in [2.24, 2.45) is 5.73 Å². The van der Waals surface area contributed by atoms with Gasteiger partial charge in [-0.15, -0.1) is 0 Å². The SMILES string of the molecule is CC(=O)N1c2ccc(-c3nc(CNC(=O)OC(C)(C)C)no3)cc2C(OC(N)=O)CC1C. The third-order valence-electron chi connectivity index (χ3n) is 4.73. The van der Waals surface area contributed by atoms with Gasteiger partial charge in [-0.05, 0) is 45.9 Å². The van der Waals surface area contributed by atoms with Crippen molar-refractivity contribution >= 4 is 23.8 Å². The van der Waals surface area contributed by atoms with Crippen LogP contribution >= 0.6 is 0 Å². The monoisotopic (exact) mass is 445 g/mol. The van der Waals surface area contributed by atoms with Gasteiger partial charge in [-0.3, -0.25) is 4.79 Å². The molecule has 32 heavy (non-hydrogen) atoms. The highest BCUT2D eigenvalue weighted by Crippen LogP contribution is 2.41. The van der Waals surface area contributed by atoms with Crippen LogP contribution in [0.3, 0.4) is 0 Å². The maximum Gasteiger partial charge on any atom is 0.408 e. The van der Waals surface area contributed by atoms with Crippen molar-refractivity contribution in [3.63, 3.8) is 0 Å². The average Bonchev–Trinajstić information content (AvgIpc) is 3.13. The summed E-state index contributed by atoms with van der Waals surface area (Å²) in [4.78, 5) is 41.3. The van der Waals surface area contributed by atoms with E-state index in [1.165, 1.54) is 6.92 Å². The molecule has 0 bridgehead atoms. The summed E-state index contributed by atoms with van der Waals surface area (Å²) in [5.41, 5.74) is 6.42. The van der Waals surface area contributed by atoms with E-state index in [4.69, 9.17) is 19.7 Å². The minimum absolute atomic E-state index is 0.0202. The van der Waals surface area contributed by atoms with Crippen molar-refractivity contribution in [1.29, 1.82) is 0 Å². The lowest BCUT2D eigenvalue weighted by Gasteiger charge is -2.38. The van der Waals surface area contributed by atoms with Gasteiger partial charge in [0.05, 0.1) is 12.2 Å². The molecule has 2 unspecified atom stereocenters. The van der Waals surface area contributed by atoms with Crippen molar-refractivity contribution in [1.82, 2.24) is 15.5 Å². The molecule has 11 nitrogen and oxygen atoms in total. The first-order chi connectivity index (χ1) is 14.9. The van der Waals surface area contributed by atoms with Crippen LogP contribution in [0.25, 0.3) is 11.5 Å². The first-order valence-electron chi connectivity index (χ1n) is 10.1. The Bertz CT molecular complexity index is 1030. The summed E-state index contributed by atoms with van der Waals surface area (Å²) in [5, 5.41) is 6.43. The van der Waals surface area contributed by atoms with Crippen LogP contribution in [0.2, 0.25) is 0 Å². The second-order valence-electron chi connectivity index (χ2n) is 8.54. The molecule has 172 valence electrons. The number of ether oxygens (including phenoxy) is 2. The average molecular weight is 445 g/mol.